The number of nitrogens with zero attached hydrogens (tertiary/aromatic N) is 1. The summed E-state index contributed by atoms with van der Waals surface area (Å²) >= 11 is 6.91. The largest absolute Gasteiger partial charge is 0.488 e. The maximum atomic E-state index is 12.5. The van der Waals surface area contributed by atoms with E-state index in [1.54, 1.807) is 24.3 Å². The van der Waals surface area contributed by atoms with Crippen LogP contribution in [0.1, 0.15) is 16.7 Å². The lowest BCUT2D eigenvalue weighted by molar-refractivity contribution is -0.117. The number of carbonyl (C=O) groups is 1. The van der Waals surface area contributed by atoms with E-state index in [-0.39, 0.29) is 18.9 Å². The van der Waals surface area contributed by atoms with Gasteiger partial charge < -0.3 is 19.5 Å². The number of nitriles is 1. The molecule has 0 saturated carbocycles. The third kappa shape index (κ3) is 5.95. The van der Waals surface area contributed by atoms with E-state index < -0.39 is 5.91 Å². The minimum absolute atomic E-state index is 0.00572. The van der Waals surface area contributed by atoms with E-state index in [2.05, 4.69) is 37.2 Å². The van der Waals surface area contributed by atoms with Crippen LogP contribution in [0.3, 0.4) is 0 Å². The Labute approximate surface area is 208 Å². The number of benzene rings is 3. The van der Waals surface area contributed by atoms with E-state index in [9.17, 15) is 10.1 Å². The van der Waals surface area contributed by atoms with Crippen molar-refractivity contribution in [3.05, 3.63) is 91.9 Å². The predicted molar refractivity (Wildman–Crippen MR) is 131 cm³/mol. The SMILES string of the molecule is N#C/C(=C\c1ccc(OCc2ccc(Br)cc2)c(Br)c1)C(=O)NCc1ccc2c(c1)OCO2. The van der Waals surface area contributed by atoms with Gasteiger partial charge in [-0.2, -0.15) is 5.26 Å². The van der Waals surface area contributed by atoms with Crippen molar-refractivity contribution in [2.24, 2.45) is 0 Å². The van der Waals surface area contributed by atoms with Crippen LogP contribution in [0.4, 0.5) is 0 Å². The highest BCUT2D eigenvalue weighted by Gasteiger charge is 2.14. The second-order valence-corrected chi connectivity index (χ2v) is 8.92. The molecule has 0 spiro atoms. The zero-order valence-electron chi connectivity index (χ0n) is 17.3. The summed E-state index contributed by atoms with van der Waals surface area (Å²) in [5.74, 6) is 1.53. The van der Waals surface area contributed by atoms with Crippen LogP contribution in [0, 0.1) is 11.3 Å². The molecule has 1 aliphatic heterocycles. The van der Waals surface area contributed by atoms with Gasteiger partial charge in [0.15, 0.2) is 11.5 Å². The summed E-state index contributed by atoms with van der Waals surface area (Å²) in [5.41, 5.74) is 2.60. The number of hydrogen-bond acceptors (Lipinski definition) is 5. The van der Waals surface area contributed by atoms with Gasteiger partial charge in [-0.1, -0.05) is 40.2 Å². The van der Waals surface area contributed by atoms with Gasteiger partial charge in [-0.05, 0) is 75.1 Å². The Hall–Kier alpha value is -3.28. The van der Waals surface area contributed by atoms with Crippen LogP contribution in [0.2, 0.25) is 0 Å². The summed E-state index contributed by atoms with van der Waals surface area (Å²) in [6.07, 6.45) is 1.54. The molecule has 0 aromatic heterocycles. The van der Waals surface area contributed by atoms with Crippen LogP contribution in [-0.2, 0) is 17.9 Å². The van der Waals surface area contributed by atoms with Gasteiger partial charge in [0.05, 0.1) is 4.47 Å². The monoisotopic (exact) mass is 568 g/mol. The summed E-state index contributed by atoms with van der Waals surface area (Å²) in [6, 6.07) is 20.7. The summed E-state index contributed by atoms with van der Waals surface area (Å²) in [6.45, 7) is 0.879. The molecular weight excluding hydrogens is 552 g/mol. The zero-order valence-corrected chi connectivity index (χ0v) is 20.5. The van der Waals surface area contributed by atoms with E-state index in [1.165, 1.54) is 6.08 Å². The predicted octanol–water partition coefficient (Wildman–Crippen LogP) is 5.74. The topological polar surface area (TPSA) is 80.6 Å². The van der Waals surface area contributed by atoms with Crippen LogP contribution in [0.15, 0.2) is 75.2 Å². The molecule has 1 amide bonds. The molecule has 1 heterocycles. The van der Waals surface area contributed by atoms with E-state index in [0.29, 0.717) is 29.4 Å². The second kappa shape index (κ2) is 10.6. The van der Waals surface area contributed by atoms with Crippen molar-refractivity contribution in [2.75, 3.05) is 6.79 Å². The van der Waals surface area contributed by atoms with Crippen LogP contribution >= 0.6 is 31.9 Å². The standard InChI is InChI=1S/C25H18Br2N2O4/c26-20-5-1-16(2-6-20)14-31-22-7-3-17(10-21(22)27)9-19(12-28)25(30)29-13-18-4-8-23-24(11-18)33-15-32-23/h1-11H,13-15H2,(H,29,30)/b19-9+. The first-order chi connectivity index (χ1) is 16.0. The van der Waals surface area contributed by atoms with Gasteiger partial charge in [0.2, 0.25) is 6.79 Å². The first-order valence-electron chi connectivity index (χ1n) is 9.97. The number of nitrogens with one attached hydrogen (secondary N) is 1. The smallest absolute Gasteiger partial charge is 0.262 e. The van der Waals surface area contributed by atoms with Crippen molar-refractivity contribution >= 4 is 43.8 Å². The van der Waals surface area contributed by atoms with Crippen molar-refractivity contribution in [3.63, 3.8) is 0 Å². The summed E-state index contributed by atoms with van der Waals surface area (Å²) in [4.78, 5) is 12.5. The molecule has 166 valence electrons. The molecule has 1 aliphatic rings. The Morgan fingerprint density at radius 1 is 1.03 bits per heavy atom. The summed E-state index contributed by atoms with van der Waals surface area (Å²) < 4.78 is 18.2. The molecule has 0 saturated heterocycles. The van der Waals surface area contributed by atoms with Crippen LogP contribution in [0.5, 0.6) is 17.2 Å². The zero-order chi connectivity index (χ0) is 23.2. The maximum absolute atomic E-state index is 12.5. The van der Waals surface area contributed by atoms with Crippen molar-refractivity contribution in [1.82, 2.24) is 5.32 Å². The van der Waals surface area contributed by atoms with Gasteiger partial charge in [-0.15, -0.1) is 0 Å². The molecule has 4 rings (SSSR count). The van der Waals surface area contributed by atoms with Crippen molar-refractivity contribution in [3.8, 4) is 23.3 Å². The molecule has 3 aromatic rings. The minimum Gasteiger partial charge on any atom is -0.488 e. The Balaban J connectivity index is 1.38. The van der Waals surface area contributed by atoms with Gasteiger partial charge in [-0.3, -0.25) is 4.79 Å². The van der Waals surface area contributed by atoms with E-state index in [1.807, 2.05) is 42.5 Å². The molecule has 0 aliphatic carbocycles. The Morgan fingerprint density at radius 2 is 1.79 bits per heavy atom. The van der Waals surface area contributed by atoms with E-state index in [0.717, 1.165) is 20.1 Å². The number of hydrogen-bond donors (Lipinski definition) is 1. The molecule has 1 N–H and O–H groups in total. The summed E-state index contributed by atoms with van der Waals surface area (Å²) in [5, 5.41) is 12.2. The van der Waals surface area contributed by atoms with Crippen molar-refractivity contribution in [2.45, 2.75) is 13.2 Å². The maximum Gasteiger partial charge on any atom is 0.262 e. The first kappa shape index (κ1) is 22.9. The van der Waals surface area contributed by atoms with Crippen LogP contribution in [0.25, 0.3) is 6.08 Å². The van der Waals surface area contributed by atoms with Gasteiger partial charge in [0, 0.05) is 11.0 Å². The van der Waals surface area contributed by atoms with Gasteiger partial charge in [-0.25, -0.2) is 0 Å². The molecular formula is C25H18Br2N2O4. The quantitative estimate of drug-likeness (QED) is 0.290. The number of fused-ring (bicyclic) bond motifs is 1. The highest BCUT2D eigenvalue weighted by atomic mass is 79.9. The van der Waals surface area contributed by atoms with E-state index in [4.69, 9.17) is 14.2 Å². The normalized spacial score (nSPS) is 12.2. The average molecular weight is 570 g/mol. The van der Waals surface area contributed by atoms with Crippen molar-refractivity contribution in [1.29, 1.82) is 5.26 Å². The number of carbonyl (C=O) groups excluding carboxylic acids is 1. The molecule has 0 atom stereocenters. The van der Waals surface area contributed by atoms with Crippen molar-refractivity contribution < 1.29 is 19.0 Å². The molecule has 0 fully saturated rings. The molecule has 3 aromatic carbocycles. The molecule has 0 unspecified atom stereocenters. The van der Waals surface area contributed by atoms with Crippen LogP contribution in [-0.4, -0.2) is 12.7 Å². The van der Waals surface area contributed by atoms with Gasteiger partial charge in [0.25, 0.3) is 5.91 Å². The first-order valence-corrected chi connectivity index (χ1v) is 11.6. The number of amides is 1. The van der Waals surface area contributed by atoms with Gasteiger partial charge >= 0.3 is 0 Å². The summed E-state index contributed by atoms with van der Waals surface area (Å²) in [7, 11) is 0. The highest BCUT2D eigenvalue weighted by Crippen LogP contribution is 2.32. The molecule has 6 nitrogen and oxygen atoms in total. The second-order valence-electron chi connectivity index (χ2n) is 7.15. The lowest BCUT2D eigenvalue weighted by Gasteiger charge is -2.09. The molecule has 0 radical (unpaired) electrons. The lowest BCUT2D eigenvalue weighted by Crippen LogP contribution is -2.23. The fourth-order valence-electron chi connectivity index (χ4n) is 3.11. The van der Waals surface area contributed by atoms with Gasteiger partial charge in [0.1, 0.15) is 24.0 Å². The lowest BCUT2D eigenvalue weighted by atomic mass is 10.1. The highest BCUT2D eigenvalue weighted by molar-refractivity contribution is 9.10. The number of rotatable bonds is 7. The minimum atomic E-state index is -0.457. The van der Waals surface area contributed by atoms with E-state index >= 15 is 0 Å². The Bertz CT molecular complexity index is 1250. The molecule has 0 bridgehead atoms. The Kier molecular flexibility index (Phi) is 7.33. The fourth-order valence-corrected chi connectivity index (χ4v) is 3.88. The van der Waals surface area contributed by atoms with Crippen LogP contribution < -0.4 is 19.5 Å². The third-order valence-corrected chi connectivity index (χ3v) is 5.98. The molecule has 33 heavy (non-hydrogen) atoms. The Morgan fingerprint density at radius 3 is 2.55 bits per heavy atom. The fraction of sp³-hybridized carbons (Fsp3) is 0.120. The number of ether oxygens (including phenoxy) is 3. The third-order valence-electron chi connectivity index (χ3n) is 4.83. The molecule has 8 heteroatoms. The number of halogens is 2. The average Bonchev–Trinajstić information content (AvgIpc) is 3.29.